The summed E-state index contributed by atoms with van der Waals surface area (Å²) >= 11 is 0. The predicted octanol–water partition coefficient (Wildman–Crippen LogP) is 1.09. The highest BCUT2D eigenvalue weighted by molar-refractivity contribution is 5.93. The maximum absolute atomic E-state index is 12.3. The maximum atomic E-state index is 12.3. The highest BCUT2D eigenvalue weighted by atomic mass is 16.7. The van der Waals surface area contributed by atoms with Gasteiger partial charge in [0.15, 0.2) is 18.1 Å². The van der Waals surface area contributed by atoms with Crippen molar-refractivity contribution in [2.75, 3.05) is 18.7 Å². The van der Waals surface area contributed by atoms with E-state index in [-0.39, 0.29) is 25.3 Å². The summed E-state index contributed by atoms with van der Waals surface area (Å²) in [5.41, 5.74) is 0.633. The number of aryl methyl sites for hydroxylation is 1. The van der Waals surface area contributed by atoms with E-state index in [1.54, 1.807) is 42.5 Å². The Morgan fingerprint density at radius 2 is 1.97 bits per heavy atom. The zero-order chi connectivity index (χ0) is 20.2. The van der Waals surface area contributed by atoms with Crippen molar-refractivity contribution in [3.63, 3.8) is 0 Å². The molecule has 0 atom stereocenters. The molecule has 3 aromatic rings. The quantitative estimate of drug-likeness (QED) is 0.615. The molecule has 1 aliphatic rings. The second-order valence-corrected chi connectivity index (χ2v) is 6.16. The number of hydrogen-bond acceptors (Lipinski definition) is 8. The molecule has 0 fully saturated rings. The minimum absolute atomic E-state index is 0.000713. The lowest BCUT2D eigenvalue weighted by molar-refractivity contribution is -0.147. The fourth-order valence-electron chi connectivity index (χ4n) is 2.76. The van der Waals surface area contributed by atoms with E-state index in [1.165, 1.54) is 0 Å². The van der Waals surface area contributed by atoms with Gasteiger partial charge >= 0.3 is 5.97 Å². The largest absolute Gasteiger partial charge is 0.456 e. The fraction of sp³-hybridized carbons (Fsp3) is 0.211. The summed E-state index contributed by atoms with van der Waals surface area (Å²) in [5.74, 6) is -0.00392. The molecule has 0 aliphatic carbocycles. The van der Waals surface area contributed by atoms with Gasteiger partial charge in [0.1, 0.15) is 5.52 Å². The van der Waals surface area contributed by atoms with Gasteiger partial charge in [-0.05, 0) is 24.3 Å². The topological polar surface area (TPSA) is 122 Å². The molecule has 1 amide bonds. The molecular weight excluding hydrogens is 380 g/mol. The highest BCUT2D eigenvalue weighted by Gasteiger charge is 2.15. The zero-order valence-corrected chi connectivity index (χ0v) is 15.2. The molecule has 10 heteroatoms. The number of anilines is 1. The smallest absolute Gasteiger partial charge is 0.308 e. The standard InChI is InChI=1S/C19H16N4O6/c24-17(20-12-5-6-15-16(9-12)29-11-28-15)10-27-18(25)7-8-23-19(26)13-3-1-2-4-14(13)21-22-23/h1-6,9H,7-8,10-11H2,(H,20,24). The number of fused-ring (bicyclic) bond motifs is 2. The average Bonchev–Trinajstić information content (AvgIpc) is 3.20. The summed E-state index contributed by atoms with van der Waals surface area (Å²) in [6.45, 7) is -0.320. The van der Waals surface area contributed by atoms with Crippen LogP contribution in [0.15, 0.2) is 47.3 Å². The Bertz CT molecular complexity index is 1140. The molecule has 148 valence electrons. The Balaban J connectivity index is 1.27. The van der Waals surface area contributed by atoms with E-state index >= 15 is 0 Å². The monoisotopic (exact) mass is 396 g/mol. The third kappa shape index (κ3) is 4.15. The lowest BCUT2D eigenvalue weighted by Gasteiger charge is -2.08. The summed E-state index contributed by atoms with van der Waals surface area (Å²) in [6.07, 6.45) is -0.121. The Morgan fingerprint density at radius 3 is 2.86 bits per heavy atom. The number of carbonyl (C=O) groups is 2. The lowest BCUT2D eigenvalue weighted by atomic mass is 10.2. The van der Waals surface area contributed by atoms with Gasteiger partial charge in [0.25, 0.3) is 11.5 Å². The third-order valence-corrected chi connectivity index (χ3v) is 4.18. The van der Waals surface area contributed by atoms with E-state index in [4.69, 9.17) is 14.2 Å². The third-order valence-electron chi connectivity index (χ3n) is 4.18. The first kappa shape index (κ1) is 18.4. The van der Waals surface area contributed by atoms with Gasteiger partial charge in [-0.1, -0.05) is 17.3 Å². The normalized spacial score (nSPS) is 12.0. The summed E-state index contributed by atoms with van der Waals surface area (Å²) in [6, 6.07) is 11.7. The van der Waals surface area contributed by atoms with Crippen molar-refractivity contribution in [3.8, 4) is 11.5 Å². The molecule has 0 unspecified atom stereocenters. The lowest BCUT2D eigenvalue weighted by Crippen LogP contribution is -2.26. The van der Waals surface area contributed by atoms with Crippen LogP contribution in [0.25, 0.3) is 10.9 Å². The van der Waals surface area contributed by atoms with Crippen molar-refractivity contribution in [2.45, 2.75) is 13.0 Å². The maximum Gasteiger partial charge on any atom is 0.308 e. The van der Waals surface area contributed by atoms with Gasteiger partial charge in [-0.2, -0.15) is 0 Å². The summed E-state index contributed by atoms with van der Waals surface area (Å²) in [7, 11) is 0. The van der Waals surface area contributed by atoms with E-state index in [9.17, 15) is 14.4 Å². The van der Waals surface area contributed by atoms with E-state index < -0.39 is 18.5 Å². The van der Waals surface area contributed by atoms with E-state index in [0.717, 1.165) is 4.68 Å². The van der Waals surface area contributed by atoms with Crippen LogP contribution in [0, 0.1) is 0 Å². The summed E-state index contributed by atoms with van der Waals surface area (Å²) in [5, 5.41) is 10.8. The van der Waals surface area contributed by atoms with Crippen molar-refractivity contribution < 1.29 is 23.8 Å². The Hall–Kier alpha value is -3.95. The fourth-order valence-corrected chi connectivity index (χ4v) is 2.76. The van der Waals surface area contributed by atoms with Gasteiger partial charge < -0.3 is 19.5 Å². The van der Waals surface area contributed by atoms with Crippen molar-refractivity contribution in [2.24, 2.45) is 0 Å². The van der Waals surface area contributed by atoms with Gasteiger partial charge in [0, 0.05) is 11.8 Å². The Kier molecular flexibility index (Phi) is 5.06. The molecule has 2 heterocycles. The van der Waals surface area contributed by atoms with Crippen LogP contribution in [0.2, 0.25) is 0 Å². The number of aromatic nitrogens is 3. The minimum atomic E-state index is -0.632. The molecule has 1 aliphatic heterocycles. The second-order valence-electron chi connectivity index (χ2n) is 6.16. The van der Waals surface area contributed by atoms with Crippen LogP contribution in [0.3, 0.4) is 0 Å². The van der Waals surface area contributed by atoms with Crippen molar-refractivity contribution in [3.05, 3.63) is 52.8 Å². The zero-order valence-electron chi connectivity index (χ0n) is 15.2. The van der Waals surface area contributed by atoms with Crippen molar-refractivity contribution in [1.29, 1.82) is 0 Å². The van der Waals surface area contributed by atoms with E-state index in [1.807, 2.05) is 0 Å². The molecule has 4 rings (SSSR count). The van der Waals surface area contributed by atoms with Crippen LogP contribution in [0.4, 0.5) is 5.69 Å². The number of carbonyl (C=O) groups excluding carboxylic acids is 2. The first-order chi connectivity index (χ1) is 14.1. The molecule has 0 saturated heterocycles. The molecule has 0 spiro atoms. The Morgan fingerprint density at radius 1 is 1.14 bits per heavy atom. The minimum Gasteiger partial charge on any atom is -0.456 e. The average molecular weight is 396 g/mol. The number of rotatable bonds is 6. The summed E-state index contributed by atoms with van der Waals surface area (Å²) in [4.78, 5) is 36.2. The molecule has 1 N–H and O–H groups in total. The highest BCUT2D eigenvalue weighted by Crippen LogP contribution is 2.34. The number of esters is 1. The van der Waals surface area contributed by atoms with Gasteiger partial charge in [-0.15, -0.1) is 5.10 Å². The number of nitrogens with one attached hydrogen (secondary N) is 1. The van der Waals surface area contributed by atoms with Crippen LogP contribution >= 0.6 is 0 Å². The summed E-state index contributed by atoms with van der Waals surface area (Å²) < 4.78 is 16.5. The van der Waals surface area contributed by atoms with Gasteiger partial charge in [-0.3, -0.25) is 14.4 Å². The molecule has 2 aromatic carbocycles. The first-order valence-electron chi connectivity index (χ1n) is 8.78. The van der Waals surface area contributed by atoms with Crippen molar-refractivity contribution >= 4 is 28.5 Å². The van der Waals surface area contributed by atoms with Gasteiger partial charge in [0.2, 0.25) is 6.79 Å². The number of ether oxygens (including phenoxy) is 3. The molecular formula is C19H16N4O6. The van der Waals surface area contributed by atoms with Gasteiger partial charge in [0.05, 0.1) is 18.4 Å². The molecule has 10 nitrogen and oxygen atoms in total. The number of benzene rings is 2. The SMILES string of the molecule is O=C(COC(=O)CCn1nnc2ccccc2c1=O)Nc1ccc2c(c1)OCO2. The predicted molar refractivity (Wildman–Crippen MR) is 101 cm³/mol. The second kappa shape index (κ2) is 7.97. The van der Waals surface area contributed by atoms with Crippen molar-refractivity contribution in [1.82, 2.24) is 15.0 Å². The van der Waals surface area contributed by atoms with Crippen LogP contribution in [-0.4, -0.2) is 40.3 Å². The van der Waals surface area contributed by atoms with E-state index in [2.05, 4.69) is 15.6 Å². The van der Waals surface area contributed by atoms with Crippen LogP contribution < -0.4 is 20.3 Å². The molecule has 0 bridgehead atoms. The Labute approximate surface area is 164 Å². The molecule has 0 radical (unpaired) electrons. The molecule has 29 heavy (non-hydrogen) atoms. The first-order valence-corrected chi connectivity index (χ1v) is 8.78. The van der Waals surface area contributed by atoms with Crippen LogP contribution in [-0.2, 0) is 20.9 Å². The molecule has 1 aromatic heterocycles. The van der Waals surface area contributed by atoms with E-state index in [0.29, 0.717) is 28.1 Å². The molecule has 0 saturated carbocycles. The number of hydrogen-bond donors (Lipinski definition) is 1. The number of nitrogens with zero attached hydrogens (tertiary/aromatic N) is 3. The van der Waals surface area contributed by atoms with Crippen LogP contribution in [0.1, 0.15) is 6.42 Å². The van der Waals surface area contributed by atoms with Crippen LogP contribution in [0.5, 0.6) is 11.5 Å². The number of amides is 1. The van der Waals surface area contributed by atoms with Gasteiger partial charge in [-0.25, -0.2) is 4.68 Å².